The molecular weight excluding hydrogens is 222 g/mol. The van der Waals surface area contributed by atoms with Crippen LogP contribution in [0.1, 0.15) is 11.1 Å². The van der Waals surface area contributed by atoms with Crippen molar-refractivity contribution in [3.63, 3.8) is 0 Å². The Balaban J connectivity index is 2.26. The summed E-state index contributed by atoms with van der Waals surface area (Å²) in [6.45, 7) is 4.12. The zero-order valence-electron chi connectivity index (χ0n) is 10.5. The van der Waals surface area contributed by atoms with Crippen LogP contribution in [0, 0.1) is 13.8 Å². The average molecular weight is 237 g/mol. The first-order valence-electron chi connectivity index (χ1n) is 5.97. The highest BCUT2D eigenvalue weighted by Crippen LogP contribution is 2.28. The molecule has 3 nitrogen and oxygen atoms in total. The first kappa shape index (κ1) is 10.8. The second-order valence-corrected chi connectivity index (χ2v) is 4.65. The monoisotopic (exact) mass is 237 g/mol. The maximum atomic E-state index is 6.05. The van der Waals surface area contributed by atoms with Gasteiger partial charge < -0.3 is 10.7 Å². The number of fused-ring (bicyclic) bond motifs is 1. The van der Waals surface area contributed by atoms with Crippen molar-refractivity contribution in [3.05, 3.63) is 47.5 Å². The van der Waals surface area contributed by atoms with E-state index in [4.69, 9.17) is 5.73 Å². The number of nitrogens with one attached hydrogen (secondary N) is 1. The molecule has 0 amide bonds. The van der Waals surface area contributed by atoms with Gasteiger partial charge in [0, 0.05) is 11.3 Å². The van der Waals surface area contributed by atoms with Crippen LogP contribution in [0.5, 0.6) is 0 Å². The maximum absolute atomic E-state index is 6.05. The van der Waals surface area contributed by atoms with E-state index in [0.29, 0.717) is 0 Å². The second-order valence-electron chi connectivity index (χ2n) is 4.65. The van der Waals surface area contributed by atoms with Crippen LogP contribution in [-0.4, -0.2) is 9.97 Å². The first-order valence-corrected chi connectivity index (χ1v) is 5.97. The Bertz CT molecular complexity index is 705. The molecule has 90 valence electrons. The molecule has 0 saturated carbocycles. The molecule has 3 rings (SSSR count). The molecule has 0 saturated heterocycles. The minimum atomic E-state index is 0.755. The van der Waals surface area contributed by atoms with E-state index in [1.807, 2.05) is 31.2 Å². The first-order chi connectivity index (χ1) is 8.65. The zero-order chi connectivity index (χ0) is 12.7. The summed E-state index contributed by atoms with van der Waals surface area (Å²) < 4.78 is 0. The van der Waals surface area contributed by atoms with E-state index in [1.165, 1.54) is 5.56 Å². The van der Waals surface area contributed by atoms with E-state index in [0.717, 1.165) is 33.7 Å². The number of hydrogen-bond donors (Lipinski definition) is 2. The van der Waals surface area contributed by atoms with Crippen LogP contribution in [0.15, 0.2) is 36.4 Å². The summed E-state index contributed by atoms with van der Waals surface area (Å²) in [6.07, 6.45) is 0. The summed E-state index contributed by atoms with van der Waals surface area (Å²) in [5.74, 6) is 0.839. The molecule has 0 aliphatic heterocycles. The number of rotatable bonds is 1. The highest BCUT2D eigenvalue weighted by molar-refractivity contribution is 5.84. The third-order valence-electron chi connectivity index (χ3n) is 3.18. The molecule has 0 aliphatic carbocycles. The number of benzene rings is 2. The lowest BCUT2D eigenvalue weighted by Gasteiger charge is -2.05. The van der Waals surface area contributed by atoms with Gasteiger partial charge in [-0.15, -0.1) is 0 Å². The highest BCUT2D eigenvalue weighted by atomic mass is 14.9. The van der Waals surface area contributed by atoms with Crippen molar-refractivity contribution in [2.45, 2.75) is 13.8 Å². The van der Waals surface area contributed by atoms with E-state index in [-0.39, 0.29) is 0 Å². The number of aromatic nitrogens is 2. The molecule has 18 heavy (non-hydrogen) atoms. The van der Waals surface area contributed by atoms with E-state index >= 15 is 0 Å². The number of aromatic amines is 1. The Hall–Kier alpha value is -2.29. The normalized spacial score (nSPS) is 11.0. The lowest BCUT2D eigenvalue weighted by molar-refractivity contribution is 1.31. The molecule has 0 atom stereocenters. The predicted molar refractivity (Wildman–Crippen MR) is 75.4 cm³/mol. The van der Waals surface area contributed by atoms with Crippen molar-refractivity contribution in [2.24, 2.45) is 0 Å². The van der Waals surface area contributed by atoms with Crippen LogP contribution in [0.3, 0.4) is 0 Å². The third kappa shape index (κ3) is 1.64. The molecule has 0 bridgehead atoms. The van der Waals surface area contributed by atoms with E-state index in [2.05, 4.69) is 29.0 Å². The standard InChI is InChI=1S/C15H15N3/c1-9-6-7-12-13(8-9)18-15(17-12)14-10(2)4-3-5-11(14)16/h3-8H,16H2,1-2H3,(H,17,18). The van der Waals surface area contributed by atoms with Gasteiger partial charge in [-0.1, -0.05) is 18.2 Å². The van der Waals surface area contributed by atoms with Crippen LogP contribution in [0.4, 0.5) is 5.69 Å². The quantitative estimate of drug-likeness (QED) is 0.637. The van der Waals surface area contributed by atoms with E-state index in [9.17, 15) is 0 Å². The number of H-pyrrole nitrogens is 1. The molecule has 2 aromatic carbocycles. The molecule has 1 aromatic heterocycles. The van der Waals surface area contributed by atoms with Gasteiger partial charge in [0.05, 0.1) is 11.0 Å². The van der Waals surface area contributed by atoms with Gasteiger partial charge >= 0.3 is 0 Å². The number of nitrogens with zero attached hydrogens (tertiary/aromatic N) is 1. The van der Waals surface area contributed by atoms with Crippen LogP contribution < -0.4 is 5.73 Å². The van der Waals surface area contributed by atoms with Crippen molar-refractivity contribution < 1.29 is 0 Å². The minimum Gasteiger partial charge on any atom is -0.398 e. The smallest absolute Gasteiger partial charge is 0.140 e. The van der Waals surface area contributed by atoms with Crippen LogP contribution >= 0.6 is 0 Å². The summed E-state index contributed by atoms with van der Waals surface area (Å²) in [5, 5.41) is 0. The fourth-order valence-corrected chi connectivity index (χ4v) is 2.26. The van der Waals surface area contributed by atoms with Gasteiger partial charge in [0.15, 0.2) is 0 Å². The molecule has 0 spiro atoms. The summed E-state index contributed by atoms with van der Waals surface area (Å²) in [4.78, 5) is 7.95. The van der Waals surface area contributed by atoms with Crippen molar-refractivity contribution in [3.8, 4) is 11.4 Å². The molecule has 1 heterocycles. The number of aryl methyl sites for hydroxylation is 2. The summed E-state index contributed by atoms with van der Waals surface area (Å²) in [5.41, 5.74) is 12.2. The van der Waals surface area contributed by atoms with Crippen molar-refractivity contribution in [1.82, 2.24) is 9.97 Å². The lowest BCUT2D eigenvalue weighted by atomic mass is 10.1. The molecule has 0 aliphatic rings. The summed E-state index contributed by atoms with van der Waals surface area (Å²) in [6, 6.07) is 12.1. The van der Waals surface area contributed by atoms with E-state index < -0.39 is 0 Å². The number of hydrogen-bond acceptors (Lipinski definition) is 2. The van der Waals surface area contributed by atoms with Gasteiger partial charge in [0.2, 0.25) is 0 Å². The van der Waals surface area contributed by atoms with Crippen molar-refractivity contribution in [1.29, 1.82) is 0 Å². The SMILES string of the molecule is Cc1ccc2nc(-c3c(C)cccc3N)[nH]c2c1. The number of nitrogen functional groups attached to an aromatic ring is 1. The molecular formula is C15H15N3. The fraction of sp³-hybridized carbons (Fsp3) is 0.133. The molecule has 0 unspecified atom stereocenters. The van der Waals surface area contributed by atoms with Crippen molar-refractivity contribution in [2.75, 3.05) is 5.73 Å². The van der Waals surface area contributed by atoms with Crippen LogP contribution in [0.25, 0.3) is 22.4 Å². The molecule has 0 radical (unpaired) electrons. The fourth-order valence-electron chi connectivity index (χ4n) is 2.26. The molecule has 3 aromatic rings. The number of imidazole rings is 1. The van der Waals surface area contributed by atoms with Crippen LogP contribution in [0.2, 0.25) is 0 Å². The average Bonchev–Trinajstić information content (AvgIpc) is 2.71. The number of nitrogens with two attached hydrogens (primary N) is 1. The minimum absolute atomic E-state index is 0.755. The summed E-state index contributed by atoms with van der Waals surface area (Å²) >= 11 is 0. The molecule has 3 N–H and O–H groups in total. The highest BCUT2D eigenvalue weighted by Gasteiger charge is 2.10. The Morgan fingerprint density at radius 2 is 1.94 bits per heavy atom. The van der Waals surface area contributed by atoms with Gasteiger partial charge in [-0.2, -0.15) is 0 Å². The van der Waals surface area contributed by atoms with Crippen molar-refractivity contribution >= 4 is 16.7 Å². The largest absolute Gasteiger partial charge is 0.398 e. The zero-order valence-corrected chi connectivity index (χ0v) is 10.5. The molecule has 0 fully saturated rings. The second kappa shape index (κ2) is 3.88. The van der Waals surface area contributed by atoms with Gasteiger partial charge in [-0.05, 0) is 43.2 Å². The maximum Gasteiger partial charge on any atom is 0.140 e. The Morgan fingerprint density at radius 3 is 2.72 bits per heavy atom. The Morgan fingerprint density at radius 1 is 1.11 bits per heavy atom. The molecule has 3 heteroatoms. The van der Waals surface area contributed by atoms with Crippen LogP contribution in [-0.2, 0) is 0 Å². The lowest BCUT2D eigenvalue weighted by Crippen LogP contribution is -1.93. The summed E-state index contributed by atoms with van der Waals surface area (Å²) in [7, 11) is 0. The number of anilines is 1. The Kier molecular flexibility index (Phi) is 2.33. The predicted octanol–water partition coefficient (Wildman–Crippen LogP) is 3.43. The third-order valence-corrected chi connectivity index (χ3v) is 3.18. The van der Waals surface area contributed by atoms with Gasteiger partial charge in [-0.25, -0.2) is 4.98 Å². The van der Waals surface area contributed by atoms with E-state index in [1.54, 1.807) is 0 Å². The topological polar surface area (TPSA) is 54.7 Å². The van der Waals surface area contributed by atoms with Gasteiger partial charge in [0.1, 0.15) is 5.82 Å². The Labute approximate surface area is 106 Å². The van der Waals surface area contributed by atoms with Gasteiger partial charge in [0.25, 0.3) is 0 Å². The van der Waals surface area contributed by atoms with Gasteiger partial charge in [-0.3, -0.25) is 0 Å².